The molecule has 3 N–H and O–H groups in total. The van der Waals surface area contributed by atoms with Gasteiger partial charge in [-0.05, 0) is 57.5 Å². The highest BCUT2D eigenvalue weighted by Gasteiger charge is 2.34. The summed E-state index contributed by atoms with van der Waals surface area (Å²) in [5, 5.41) is 11.9. The second-order valence-electron chi connectivity index (χ2n) is 7.26. The Morgan fingerprint density at radius 1 is 1.25 bits per heavy atom. The zero-order chi connectivity index (χ0) is 14.6. The number of hydrogen-bond acceptors (Lipinski definition) is 3. The highest BCUT2D eigenvalue weighted by molar-refractivity contribution is 5.85. The molecule has 0 spiro atoms. The molecule has 4 nitrogen and oxygen atoms in total. The molecule has 0 aromatic rings. The number of oxime groups is 1. The number of nitrogens with zero attached hydrogens (tertiary/aromatic N) is 2. The molecular weight excluding hydrogens is 250 g/mol. The summed E-state index contributed by atoms with van der Waals surface area (Å²) >= 11 is 0. The molecule has 2 atom stereocenters. The summed E-state index contributed by atoms with van der Waals surface area (Å²) in [5.74, 6) is 1.34. The second kappa shape index (κ2) is 6.79. The number of rotatable bonds is 6. The molecule has 0 radical (unpaired) electrons. The molecule has 0 bridgehead atoms. The van der Waals surface area contributed by atoms with Crippen molar-refractivity contribution in [3.8, 4) is 0 Å². The summed E-state index contributed by atoms with van der Waals surface area (Å²) < 4.78 is 0. The molecule has 1 saturated heterocycles. The Hall–Kier alpha value is -0.770. The van der Waals surface area contributed by atoms with Gasteiger partial charge in [-0.2, -0.15) is 0 Å². The topological polar surface area (TPSA) is 61.8 Å². The van der Waals surface area contributed by atoms with Crippen molar-refractivity contribution in [1.82, 2.24) is 4.90 Å². The largest absolute Gasteiger partial charge is 0.409 e. The molecule has 0 aromatic carbocycles. The molecule has 2 rings (SSSR count). The van der Waals surface area contributed by atoms with Gasteiger partial charge in [0, 0.05) is 11.5 Å². The lowest BCUT2D eigenvalue weighted by molar-refractivity contribution is 0.110. The minimum absolute atomic E-state index is 0.188. The van der Waals surface area contributed by atoms with Crippen molar-refractivity contribution in [2.24, 2.45) is 22.2 Å². The van der Waals surface area contributed by atoms with Crippen molar-refractivity contribution in [1.29, 1.82) is 0 Å². The number of likely N-dealkylation sites (tertiary alicyclic amines) is 1. The van der Waals surface area contributed by atoms with Crippen LogP contribution in [0.1, 0.15) is 65.2 Å². The number of fused-ring (bicyclic) bond motifs is 1. The van der Waals surface area contributed by atoms with E-state index in [1.54, 1.807) is 0 Å². The lowest BCUT2D eigenvalue weighted by Gasteiger charge is -2.38. The Kier molecular flexibility index (Phi) is 5.30. The number of hydrogen-bond donors (Lipinski definition) is 2. The third-order valence-electron chi connectivity index (χ3n) is 5.41. The van der Waals surface area contributed by atoms with Crippen LogP contribution in [-0.4, -0.2) is 35.1 Å². The molecular formula is C16H31N3O. The minimum Gasteiger partial charge on any atom is -0.409 e. The standard InChI is InChI=1S/C16H31N3O/c1-16(2,15(17)18-20)10-3-4-11-19-12-6-8-13-7-5-9-14(13)19/h13-14,20H,3-12H2,1-2H3,(H2,17,18). The van der Waals surface area contributed by atoms with Gasteiger partial charge in [0.1, 0.15) is 5.84 Å². The maximum Gasteiger partial charge on any atom is 0.144 e. The van der Waals surface area contributed by atoms with Gasteiger partial charge in [-0.1, -0.05) is 31.8 Å². The van der Waals surface area contributed by atoms with Gasteiger partial charge in [0.15, 0.2) is 0 Å². The van der Waals surface area contributed by atoms with Gasteiger partial charge < -0.3 is 15.8 Å². The Labute approximate surface area is 123 Å². The molecule has 2 aliphatic rings. The van der Waals surface area contributed by atoms with Gasteiger partial charge in [-0.3, -0.25) is 0 Å². The summed E-state index contributed by atoms with van der Waals surface area (Å²) in [5.41, 5.74) is 5.55. The fourth-order valence-corrected chi connectivity index (χ4v) is 3.98. The summed E-state index contributed by atoms with van der Waals surface area (Å²) in [6.45, 7) is 6.63. The molecule has 0 aromatic heterocycles. The molecule has 0 amide bonds. The molecule has 4 heteroatoms. The van der Waals surface area contributed by atoms with Gasteiger partial charge in [-0.25, -0.2) is 0 Å². The first-order valence-electron chi connectivity index (χ1n) is 8.26. The van der Waals surface area contributed by atoms with Crippen LogP contribution in [0.15, 0.2) is 5.16 Å². The van der Waals surface area contributed by atoms with Gasteiger partial charge in [0.2, 0.25) is 0 Å². The summed E-state index contributed by atoms with van der Waals surface area (Å²) in [6.07, 6.45) is 10.5. The lowest BCUT2D eigenvalue weighted by atomic mass is 9.86. The molecule has 1 aliphatic carbocycles. The molecule has 20 heavy (non-hydrogen) atoms. The molecule has 2 fully saturated rings. The van der Waals surface area contributed by atoms with Crippen LogP contribution in [0.5, 0.6) is 0 Å². The molecule has 1 heterocycles. The maximum absolute atomic E-state index is 8.79. The quantitative estimate of drug-likeness (QED) is 0.258. The van der Waals surface area contributed by atoms with E-state index in [-0.39, 0.29) is 5.41 Å². The van der Waals surface area contributed by atoms with Crippen LogP contribution in [0, 0.1) is 11.3 Å². The van der Waals surface area contributed by atoms with E-state index in [1.165, 1.54) is 51.6 Å². The van der Waals surface area contributed by atoms with Crippen molar-refractivity contribution in [3.05, 3.63) is 0 Å². The van der Waals surface area contributed by atoms with Crippen LogP contribution >= 0.6 is 0 Å². The monoisotopic (exact) mass is 281 g/mol. The number of nitrogens with two attached hydrogens (primary N) is 1. The fourth-order valence-electron chi connectivity index (χ4n) is 3.98. The summed E-state index contributed by atoms with van der Waals surface area (Å²) in [4.78, 5) is 2.73. The van der Waals surface area contributed by atoms with Gasteiger partial charge in [0.05, 0.1) is 0 Å². The number of amidine groups is 1. The predicted octanol–water partition coefficient (Wildman–Crippen LogP) is 3.19. The third kappa shape index (κ3) is 3.66. The van der Waals surface area contributed by atoms with E-state index in [0.717, 1.165) is 24.8 Å². The number of unbranched alkanes of at least 4 members (excludes halogenated alkanes) is 1. The first-order valence-corrected chi connectivity index (χ1v) is 8.26. The highest BCUT2D eigenvalue weighted by Crippen LogP contribution is 2.36. The van der Waals surface area contributed by atoms with E-state index in [4.69, 9.17) is 10.9 Å². The zero-order valence-corrected chi connectivity index (χ0v) is 13.1. The van der Waals surface area contributed by atoms with Gasteiger partial charge in [-0.15, -0.1) is 0 Å². The van der Waals surface area contributed by atoms with E-state index in [1.807, 2.05) is 0 Å². The first-order chi connectivity index (χ1) is 9.54. The SMILES string of the molecule is CC(C)(CCCCN1CCCC2CCCC21)C(N)=NO. The number of piperidine rings is 1. The van der Waals surface area contributed by atoms with Crippen molar-refractivity contribution in [2.75, 3.05) is 13.1 Å². The fraction of sp³-hybridized carbons (Fsp3) is 0.938. The summed E-state index contributed by atoms with van der Waals surface area (Å²) in [6, 6.07) is 0.876. The second-order valence-corrected chi connectivity index (χ2v) is 7.26. The zero-order valence-electron chi connectivity index (χ0n) is 13.1. The highest BCUT2D eigenvalue weighted by atomic mass is 16.4. The Morgan fingerprint density at radius 3 is 2.75 bits per heavy atom. The first kappa shape index (κ1) is 15.6. The van der Waals surface area contributed by atoms with Crippen LogP contribution in [-0.2, 0) is 0 Å². The molecule has 2 unspecified atom stereocenters. The van der Waals surface area contributed by atoms with E-state index < -0.39 is 0 Å². The molecule has 1 aliphatic heterocycles. The van der Waals surface area contributed by atoms with Crippen molar-refractivity contribution >= 4 is 5.84 Å². The minimum atomic E-state index is -0.188. The Balaban J connectivity index is 1.70. The van der Waals surface area contributed by atoms with Crippen molar-refractivity contribution in [3.63, 3.8) is 0 Å². The van der Waals surface area contributed by atoms with Crippen molar-refractivity contribution in [2.45, 2.75) is 71.3 Å². The smallest absolute Gasteiger partial charge is 0.144 e. The summed E-state index contributed by atoms with van der Waals surface area (Å²) in [7, 11) is 0. The van der Waals surface area contributed by atoms with Crippen LogP contribution < -0.4 is 5.73 Å². The van der Waals surface area contributed by atoms with E-state index in [0.29, 0.717) is 5.84 Å². The van der Waals surface area contributed by atoms with Gasteiger partial charge in [0.25, 0.3) is 0 Å². The normalized spacial score (nSPS) is 28.6. The van der Waals surface area contributed by atoms with E-state index >= 15 is 0 Å². The van der Waals surface area contributed by atoms with Crippen LogP contribution in [0.2, 0.25) is 0 Å². The molecule has 1 saturated carbocycles. The predicted molar refractivity (Wildman–Crippen MR) is 83.0 cm³/mol. The van der Waals surface area contributed by atoms with Crippen LogP contribution in [0.3, 0.4) is 0 Å². The Morgan fingerprint density at radius 2 is 2.00 bits per heavy atom. The average Bonchev–Trinajstić information content (AvgIpc) is 2.91. The van der Waals surface area contributed by atoms with E-state index in [2.05, 4.69) is 23.9 Å². The third-order valence-corrected chi connectivity index (χ3v) is 5.41. The van der Waals surface area contributed by atoms with Crippen LogP contribution in [0.25, 0.3) is 0 Å². The van der Waals surface area contributed by atoms with Gasteiger partial charge >= 0.3 is 0 Å². The Bertz CT molecular complexity index is 341. The maximum atomic E-state index is 8.79. The van der Waals surface area contributed by atoms with Crippen molar-refractivity contribution < 1.29 is 5.21 Å². The van der Waals surface area contributed by atoms with E-state index in [9.17, 15) is 0 Å². The van der Waals surface area contributed by atoms with Crippen LogP contribution in [0.4, 0.5) is 0 Å². The average molecular weight is 281 g/mol. The lowest BCUT2D eigenvalue weighted by Crippen LogP contribution is -2.43. The molecule has 116 valence electrons.